The number of hydrogen-bond donors (Lipinski definition) is 2. The van der Waals surface area contributed by atoms with Gasteiger partial charge in [-0.05, 0) is 45.6 Å². The van der Waals surface area contributed by atoms with E-state index in [1.54, 1.807) is 0 Å². The number of likely N-dealkylation sites (N-methyl/N-ethyl adjacent to an activating group) is 1. The van der Waals surface area contributed by atoms with Crippen molar-refractivity contribution in [3.63, 3.8) is 0 Å². The maximum atomic E-state index is 9.27. The molecule has 0 aliphatic rings. The van der Waals surface area contributed by atoms with Crippen molar-refractivity contribution in [1.82, 2.24) is 15.1 Å². The molecule has 4 nitrogen and oxygen atoms in total. The zero-order valence-electron chi connectivity index (χ0n) is 11.2. The van der Waals surface area contributed by atoms with Crippen LogP contribution in [0.25, 0.3) is 0 Å². The molecule has 1 heterocycles. The van der Waals surface area contributed by atoms with Gasteiger partial charge in [-0.3, -0.25) is 4.68 Å². The highest BCUT2D eigenvalue weighted by Gasteiger charge is 2.19. The Labute approximate surface area is 108 Å². The van der Waals surface area contributed by atoms with Crippen molar-refractivity contribution in [2.24, 2.45) is 7.05 Å². The number of aliphatic hydroxyl groups excluding tert-OH is 1. The van der Waals surface area contributed by atoms with Crippen molar-refractivity contribution < 1.29 is 5.11 Å². The summed E-state index contributed by atoms with van der Waals surface area (Å²) in [7, 11) is 3.87. The fourth-order valence-corrected chi connectivity index (χ4v) is 2.62. The summed E-state index contributed by atoms with van der Waals surface area (Å²) in [5.74, 6) is 1.05. The molecule has 0 fully saturated rings. The van der Waals surface area contributed by atoms with Crippen LogP contribution in [0.5, 0.6) is 0 Å². The molecule has 1 unspecified atom stereocenters. The molecular weight excluding hydrogens is 234 g/mol. The van der Waals surface area contributed by atoms with Crippen LogP contribution in [0.2, 0.25) is 0 Å². The Bertz CT molecular complexity index is 348. The maximum absolute atomic E-state index is 9.27. The third-order valence-corrected chi connectivity index (χ3v) is 4.21. The van der Waals surface area contributed by atoms with E-state index in [1.807, 2.05) is 44.4 Å². The number of aromatic nitrogens is 2. The predicted octanol–water partition coefficient (Wildman–Crippen LogP) is 1.57. The Morgan fingerprint density at radius 3 is 2.76 bits per heavy atom. The molecule has 0 saturated heterocycles. The molecule has 0 aliphatic heterocycles. The van der Waals surface area contributed by atoms with Crippen LogP contribution in [0.3, 0.4) is 0 Å². The molecular formula is C12H23N3OS. The summed E-state index contributed by atoms with van der Waals surface area (Å²) in [6, 6.07) is 2.11. The molecule has 0 spiro atoms. The fraction of sp³-hybridized carbons (Fsp3) is 0.750. The minimum Gasteiger partial charge on any atom is -0.394 e. The monoisotopic (exact) mass is 257 g/mol. The summed E-state index contributed by atoms with van der Waals surface area (Å²) < 4.78 is 1.92. The highest BCUT2D eigenvalue weighted by molar-refractivity contribution is 7.99. The van der Waals surface area contributed by atoms with Crippen LogP contribution >= 0.6 is 11.8 Å². The van der Waals surface area contributed by atoms with Crippen LogP contribution < -0.4 is 5.32 Å². The van der Waals surface area contributed by atoms with Crippen LogP contribution in [0.4, 0.5) is 0 Å². The van der Waals surface area contributed by atoms with Gasteiger partial charge in [0.2, 0.25) is 0 Å². The molecule has 0 radical (unpaired) electrons. The van der Waals surface area contributed by atoms with E-state index in [1.165, 1.54) is 5.03 Å². The summed E-state index contributed by atoms with van der Waals surface area (Å²) in [4.78, 5) is 0. The number of aliphatic hydroxyl groups is 1. The Morgan fingerprint density at radius 1 is 1.59 bits per heavy atom. The van der Waals surface area contributed by atoms with Gasteiger partial charge in [0.25, 0.3) is 0 Å². The molecule has 5 heteroatoms. The third-order valence-electron chi connectivity index (χ3n) is 3.03. The van der Waals surface area contributed by atoms with Crippen LogP contribution in [-0.2, 0) is 7.05 Å². The summed E-state index contributed by atoms with van der Waals surface area (Å²) >= 11 is 1.82. The van der Waals surface area contributed by atoms with Gasteiger partial charge < -0.3 is 10.4 Å². The van der Waals surface area contributed by atoms with E-state index in [-0.39, 0.29) is 12.1 Å². The zero-order chi connectivity index (χ0) is 12.9. The Kier molecular flexibility index (Phi) is 5.49. The van der Waals surface area contributed by atoms with E-state index < -0.39 is 0 Å². The summed E-state index contributed by atoms with van der Waals surface area (Å²) in [5, 5.41) is 18.0. The van der Waals surface area contributed by atoms with Crippen LogP contribution in [0, 0.1) is 6.92 Å². The number of rotatable bonds is 7. The topological polar surface area (TPSA) is 50.1 Å². The normalized spacial score (nSPS) is 14.9. The number of nitrogens with one attached hydrogen (secondary N) is 1. The molecule has 0 amide bonds. The number of hydrogen-bond acceptors (Lipinski definition) is 4. The second kappa shape index (κ2) is 6.42. The Morgan fingerprint density at radius 2 is 2.29 bits per heavy atom. The van der Waals surface area contributed by atoms with Crippen LogP contribution in [0.15, 0.2) is 11.1 Å². The number of aryl methyl sites for hydroxylation is 2. The van der Waals surface area contributed by atoms with E-state index >= 15 is 0 Å². The van der Waals surface area contributed by atoms with Crippen LogP contribution in [0.1, 0.15) is 25.5 Å². The summed E-state index contributed by atoms with van der Waals surface area (Å²) in [6.07, 6.45) is 2.05. The first-order valence-corrected chi connectivity index (χ1v) is 6.92. The maximum Gasteiger partial charge on any atom is 0.0939 e. The molecule has 0 bridgehead atoms. The molecule has 1 aromatic rings. The highest BCUT2D eigenvalue weighted by Crippen LogP contribution is 2.21. The Hall–Kier alpha value is -0.520. The second-order valence-corrected chi connectivity index (χ2v) is 5.78. The lowest BCUT2D eigenvalue weighted by Gasteiger charge is -2.26. The average Bonchev–Trinajstić information content (AvgIpc) is 2.63. The van der Waals surface area contributed by atoms with E-state index in [0.29, 0.717) is 0 Å². The van der Waals surface area contributed by atoms with Gasteiger partial charge in [-0.15, -0.1) is 11.8 Å². The van der Waals surface area contributed by atoms with Crippen LogP contribution in [-0.4, -0.2) is 39.8 Å². The van der Waals surface area contributed by atoms with Gasteiger partial charge in [-0.1, -0.05) is 0 Å². The Balaban J connectivity index is 2.31. The first-order chi connectivity index (χ1) is 8.00. The van der Waals surface area contributed by atoms with Crippen molar-refractivity contribution in [2.75, 3.05) is 19.4 Å². The van der Waals surface area contributed by atoms with Crippen molar-refractivity contribution in [2.45, 2.75) is 37.3 Å². The largest absolute Gasteiger partial charge is 0.394 e. The molecule has 1 rings (SSSR count). The first-order valence-electron chi connectivity index (χ1n) is 5.94. The molecule has 17 heavy (non-hydrogen) atoms. The van der Waals surface area contributed by atoms with Gasteiger partial charge in [0.1, 0.15) is 0 Å². The van der Waals surface area contributed by atoms with Crippen molar-refractivity contribution >= 4 is 11.8 Å². The van der Waals surface area contributed by atoms with Gasteiger partial charge in [0.15, 0.2) is 0 Å². The molecule has 0 saturated carbocycles. The van der Waals surface area contributed by atoms with Crippen molar-refractivity contribution in [3.05, 3.63) is 11.8 Å². The van der Waals surface area contributed by atoms with Gasteiger partial charge in [0, 0.05) is 12.6 Å². The molecule has 1 atom stereocenters. The lowest BCUT2D eigenvalue weighted by atomic mass is 9.98. The standard InChI is InChI=1S/C12H23N3OS/c1-10-8-11(15(4)14-10)17-7-5-6-12(2,9-16)13-3/h8,13,16H,5-7,9H2,1-4H3. The lowest BCUT2D eigenvalue weighted by molar-refractivity contribution is 0.173. The fourth-order valence-electron chi connectivity index (χ4n) is 1.64. The SMILES string of the molecule is CNC(C)(CO)CCCSc1cc(C)nn1C. The van der Waals surface area contributed by atoms with E-state index in [4.69, 9.17) is 0 Å². The smallest absolute Gasteiger partial charge is 0.0939 e. The average molecular weight is 257 g/mol. The van der Waals surface area contributed by atoms with Gasteiger partial charge in [-0.25, -0.2) is 0 Å². The zero-order valence-corrected chi connectivity index (χ0v) is 12.0. The summed E-state index contributed by atoms with van der Waals surface area (Å²) in [5.41, 5.74) is 0.911. The van der Waals surface area contributed by atoms with E-state index in [9.17, 15) is 5.11 Å². The minimum atomic E-state index is -0.150. The molecule has 98 valence electrons. The molecule has 0 aliphatic carbocycles. The second-order valence-electron chi connectivity index (χ2n) is 4.67. The predicted molar refractivity (Wildman–Crippen MR) is 72.5 cm³/mol. The summed E-state index contributed by atoms with van der Waals surface area (Å²) in [6.45, 7) is 4.23. The van der Waals surface area contributed by atoms with E-state index in [2.05, 4.69) is 16.5 Å². The van der Waals surface area contributed by atoms with Gasteiger partial charge in [-0.2, -0.15) is 5.10 Å². The van der Waals surface area contributed by atoms with Crippen molar-refractivity contribution in [1.29, 1.82) is 0 Å². The number of thioether (sulfide) groups is 1. The number of nitrogens with zero attached hydrogens (tertiary/aromatic N) is 2. The minimum absolute atomic E-state index is 0.150. The third kappa shape index (κ3) is 4.33. The lowest BCUT2D eigenvalue weighted by Crippen LogP contribution is -2.43. The van der Waals surface area contributed by atoms with Crippen molar-refractivity contribution in [3.8, 4) is 0 Å². The first kappa shape index (κ1) is 14.5. The molecule has 0 aromatic carbocycles. The molecule has 1 aromatic heterocycles. The van der Waals surface area contributed by atoms with E-state index in [0.717, 1.165) is 24.3 Å². The highest BCUT2D eigenvalue weighted by atomic mass is 32.2. The molecule has 2 N–H and O–H groups in total. The quantitative estimate of drug-likeness (QED) is 0.575. The van der Waals surface area contributed by atoms with Gasteiger partial charge >= 0.3 is 0 Å². The van der Waals surface area contributed by atoms with Gasteiger partial charge in [0.05, 0.1) is 17.3 Å².